The fraction of sp³-hybridized carbons (Fsp3) is 0.286. The van der Waals surface area contributed by atoms with Crippen LogP contribution in [-0.2, 0) is 4.79 Å². The fourth-order valence-electron chi connectivity index (χ4n) is 1.02. The third kappa shape index (κ3) is 2.78. The second-order valence-corrected chi connectivity index (χ2v) is 6.78. The van der Waals surface area contributed by atoms with E-state index >= 15 is 0 Å². The molecule has 6 heteroatoms. The maximum absolute atomic E-state index is 10.8. The van der Waals surface area contributed by atoms with Gasteiger partial charge in [-0.05, 0) is 79.9 Å². The minimum Gasteiger partial charge on any atom is -0.481 e. The quantitative estimate of drug-likeness (QED) is 0.415. The molecule has 0 fully saturated rings. The Morgan fingerprint density at radius 3 is 2.46 bits per heavy atom. The molecular formula is C7H5I3O3. The van der Waals surface area contributed by atoms with Gasteiger partial charge >= 0.3 is 5.97 Å². The van der Waals surface area contributed by atoms with Gasteiger partial charge in [-0.15, -0.1) is 0 Å². The lowest BCUT2D eigenvalue weighted by molar-refractivity contribution is -0.142. The molecule has 0 aromatic rings. The first-order chi connectivity index (χ1) is 5.84. The van der Waals surface area contributed by atoms with Crippen molar-refractivity contribution in [2.75, 3.05) is 0 Å². The number of carbonyl (C=O) groups is 1. The third-order valence-electron chi connectivity index (χ3n) is 1.54. The predicted octanol–water partition coefficient (Wildman–Crippen LogP) is 2.46. The minimum absolute atomic E-state index is 0.647. The summed E-state index contributed by atoms with van der Waals surface area (Å²) in [4.78, 5) is 10.8. The molecule has 0 amide bonds. The van der Waals surface area contributed by atoms with E-state index in [1.54, 1.807) is 34.7 Å². The average Bonchev–Trinajstić information content (AvgIpc) is 1.78. The Kier molecular flexibility index (Phi) is 4.03. The highest BCUT2D eigenvalue weighted by molar-refractivity contribution is 14.1. The average molecular weight is 518 g/mol. The second-order valence-electron chi connectivity index (χ2n) is 2.56. The van der Waals surface area contributed by atoms with Crippen LogP contribution in [0.4, 0.5) is 0 Å². The molecule has 0 radical (unpaired) electrons. The summed E-state index contributed by atoms with van der Waals surface area (Å²) in [6.45, 7) is 0. The number of carboxylic acid groups (broad SMARTS) is 1. The highest BCUT2D eigenvalue weighted by atomic mass is 127. The molecule has 0 heterocycles. The van der Waals surface area contributed by atoms with Gasteiger partial charge in [-0.2, -0.15) is 0 Å². The predicted molar refractivity (Wildman–Crippen MR) is 74.3 cm³/mol. The van der Waals surface area contributed by atoms with Crippen molar-refractivity contribution in [3.63, 3.8) is 0 Å². The van der Waals surface area contributed by atoms with Crippen molar-refractivity contribution in [2.45, 2.75) is 3.61 Å². The monoisotopic (exact) mass is 518 g/mol. The zero-order chi connectivity index (χ0) is 10.2. The van der Waals surface area contributed by atoms with Gasteiger partial charge in [0.1, 0.15) is 5.92 Å². The van der Waals surface area contributed by atoms with E-state index in [-0.39, 0.29) is 0 Å². The van der Waals surface area contributed by atoms with Crippen LogP contribution in [0, 0.1) is 5.92 Å². The zero-order valence-corrected chi connectivity index (χ0v) is 12.6. The molecule has 1 aliphatic rings. The van der Waals surface area contributed by atoms with Gasteiger partial charge in [-0.1, -0.05) is 0 Å². The lowest BCUT2D eigenvalue weighted by atomic mass is 9.98. The Bertz CT molecular complexity index is 306. The van der Waals surface area contributed by atoms with Crippen LogP contribution in [0.2, 0.25) is 0 Å². The first-order valence-electron chi connectivity index (χ1n) is 3.24. The number of hydrogen-bond acceptors (Lipinski definition) is 2. The van der Waals surface area contributed by atoms with Crippen molar-refractivity contribution in [3.8, 4) is 0 Å². The molecule has 72 valence electrons. The van der Waals surface area contributed by atoms with E-state index < -0.39 is 15.5 Å². The normalized spacial score (nSPS) is 33.7. The van der Waals surface area contributed by atoms with Crippen LogP contribution in [0.1, 0.15) is 0 Å². The van der Waals surface area contributed by atoms with Crippen molar-refractivity contribution >= 4 is 73.7 Å². The molecule has 0 saturated heterocycles. The summed E-state index contributed by atoms with van der Waals surface area (Å²) in [5.74, 6) is -1.86. The van der Waals surface area contributed by atoms with E-state index in [9.17, 15) is 9.90 Å². The van der Waals surface area contributed by atoms with E-state index in [4.69, 9.17) is 5.11 Å². The van der Waals surface area contributed by atoms with Crippen LogP contribution in [0.3, 0.4) is 0 Å². The van der Waals surface area contributed by atoms with Gasteiger partial charge in [-0.25, -0.2) is 0 Å². The highest BCUT2D eigenvalue weighted by Crippen LogP contribution is 2.41. The van der Waals surface area contributed by atoms with Gasteiger partial charge < -0.3 is 10.2 Å². The summed E-state index contributed by atoms with van der Waals surface area (Å²) >= 11 is 5.74. The number of allylic oxidation sites excluding steroid dienone is 2. The summed E-state index contributed by atoms with van der Waals surface area (Å²) in [6, 6.07) is 0. The second kappa shape index (κ2) is 4.31. The molecular weight excluding hydrogens is 513 g/mol. The van der Waals surface area contributed by atoms with Gasteiger partial charge in [0.2, 0.25) is 0 Å². The number of alkyl halides is 1. The largest absolute Gasteiger partial charge is 0.481 e. The van der Waals surface area contributed by atoms with Crippen LogP contribution in [-0.4, -0.2) is 19.8 Å². The number of carboxylic acids is 1. The Morgan fingerprint density at radius 1 is 1.54 bits per heavy atom. The molecule has 3 nitrogen and oxygen atoms in total. The van der Waals surface area contributed by atoms with Gasteiger partial charge in [0.25, 0.3) is 0 Å². The van der Waals surface area contributed by atoms with E-state index in [1.165, 1.54) is 0 Å². The number of aliphatic carboxylic acids is 1. The van der Waals surface area contributed by atoms with Gasteiger partial charge in [0.15, 0.2) is 3.61 Å². The third-order valence-corrected chi connectivity index (χ3v) is 4.03. The first kappa shape index (κ1) is 12.2. The topological polar surface area (TPSA) is 57.5 Å². The maximum Gasteiger partial charge on any atom is 0.315 e. The van der Waals surface area contributed by atoms with Crippen molar-refractivity contribution in [1.29, 1.82) is 0 Å². The SMILES string of the molecule is O=C(O)C1C(I)=CC(I)=CC1(O)I. The minimum atomic E-state index is -1.31. The van der Waals surface area contributed by atoms with Gasteiger partial charge in [0.05, 0.1) is 0 Å². The first-order valence-corrected chi connectivity index (χ1v) is 6.48. The summed E-state index contributed by atoms with van der Waals surface area (Å²) in [5, 5.41) is 18.7. The van der Waals surface area contributed by atoms with Crippen molar-refractivity contribution in [1.82, 2.24) is 0 Å². The number of halogens is 3. The Hall–Kier alpha value is 1.10. The summed E-state index contributed by atoms with van der Waals surface area (Å²) in [6.07, 6.45) is 3.31. The molecule has 2 N–H and O–H groups in total. The highest BCUT2D eigenvalue weighted by Gasteiger charge is 2.41. The van der Waals surface area contributed by atoms with Crippen LogP contribution >= 0.6 is 67.8 Å². The summed E-state index contributed by atoms with van der Waals surface area (Å²) < 4.78 is 0.191. The number of rotatable bonds is 1. The van der Waals surface area contributed by atoms with E-state index in [2.05, 4.69) is 22.6 Å². The van der Waals surface area contributed by atoms with Crippen molar-refractivity contribution in [2.24, 2.45) is 5.92 Å². The molecule has 0 saturated carbocycles. The Balaban J connectivity index is 3.12. The van der Waals surface area contributed by atoms with Crippen LogP contribution in [0.5, 0.6) is 0 Å². The van der Waals surface area contributed by atoms with Crippen LogP contribution in [0.15, 0.2) is 19.3 Å². The standard InChI is InChI=1S/C7H5I3O3/c8-3-1-4(9)5(6(11)12)7(10,13)2-3/h1-2,5,13H,(H,11,12). The molecule has 13 heavy (non-hydrogen) atoms. The molecule has 1 aliphatic carbocycles. The van der Waals surface area contributed by atoms with E-state index in [0.29, 0.717) is 3.58 Å². The lowest BCUT2D eigenvalue weighted by Gasteiger charge is -2.28. The smallest absolute Gasteiger partial charge is 0.315 e. The number of aliphatic hydroxyl groups is 1. The molecule has 0 aromatic carbocycles. The molecule has 0 bridgehead atoms. The lowest BCUT2D eigenvalue weighted by Crippen LogP contribution is -2.36. The molecule has 0 spiro atoms. The Labute approximate surface area is 116 Å². The number of hydrogen-bond donors (Lipinski definition) is 2. The summed E-state index contributed by atoms with van der Waals surface area (Å²) in [7, 11) is 0. The summed E-state index contributed by atoms with van der Waals surface area (Å²) in [5.41, 5.74) is 0. The maximum atomic E-state index is 10.8. The zero-order valence-electron chi connectivity index (χ0n) is 6.17. The molecule has 0 aromatic heterocycles. The van der Waals surface area contributed by atoms with Gasteiger partial charge in [-0.3, -0.25) is 4.79 Å². The molecule has 2 unspecified atom stereocenters. The van der Waals surface area contributed by atoms with E-state index in [1.807, 2.05) is 22.6 Å². The Morgan fingerprint density at radius 2 is 2.08 bits per heavy atom. The molecule has 0 aliphatic heterocycles. The molecule has 2 atom stereocenters. The molecule has 1 rings (SSSR count). The van der Waals surface area contributed by atoms with Crippen molar-refractivity contribution in [3.05, 3.63) is 19.3 Å². The van der Waals surface area contributed by atoms with E-state index in [0.717, 1.165) is 3.58 Å². The fourth-order valence-corrected chi connectivity index (χ4v) is 5.63. The van der Waals surface area contributed by atoms with Crippen LogP contribution < -0.4 is 0 Å². The van der Waals surface area contributed by atoms with Crippen LogP contribution in [0.25, 0.3) is 0 Å². The van der Waals surface area contributed by atoms with Gasteiger partial charge in [0, 0.05) is 7.16 Å². The van der Waals surface area contributed by atoms with Crippen molar-refractivity contribution < 1.29 is 15.0 Å².